The van der Waals surface area contributed by atoms with Crippen LogP contribution in [-0.4, -0.2) is 29.7 Å². The number of esters is 1. The van der Waals surface area contributed by atoms with E-state index in [4.69, 9.17) is 4.74 Å². The van der Waals surface area contributed by atoms with Gasteiger partial charge in [-0.25, -0.2) is 0 Å². The van der Waals surface area contributed by atoms with Gasteiger partial charge >= 0.3 is 5.97 Å². The number of hydrogen-bond acceptors (Lipinski definition) is 4. The highest BCUT2D eigenvalue weighted by Gasteiger charge is 2.31. The molecule has 0 aromatic carbocycles. The van der Waals surface area contributed by atoms with Crippen molar-refractivity contribution >= 4 is 17.7 Å². The summed E-state index contributed by atoms with van der Waals surface area (Å²) in [5.74, 6) is 1.32. The zero-order valence-electron chi connectivity index (χ0n) is 9.79. The van der Waals surface area contributed by atoms with Crippen LogP contribution in [0.15, 0.2) is 0 Å². The van der Waals surface area contributed by atoms with E-state index in [0.29, 0.717) is 17.9 Å². The highest BCUT2D eigenvalue weighted by Crippen LogP contribution is 2.25. The molecule has 1 rings (SSSR count). The zero-order valence-corrected chi connectivity index (χ0v) is 10.6. The number of rotatable bonds is 5. The van der Waals surface area contributed by atoms with Crippen LogP contribution in [0.1, 0.15) is 33.6 Å². The first-order valence-electron chi connectivity index (χ1n) is 5.69. The highest BCUT2D eigenvalue weighted by molar-refractivity contribution is 8.00. The summed E-state index contributed by atoms with van der Waals surface area (Å²) in [7, 11) is 0. The van der Waals surface area contributed by atoms with Gasteiger partial charge in [0.25, 0.3) is 0 Å². The molecule has 88 valence electrons. The van der Waals surface area contributed by atoms with Crippen LogP contribution in [0.5, 0.6) is 0 Å². The summed E-state index contributed by atoms with van der Waals surface area (Å²) >= 11 is 1.81. The topological polar surface area (TPSA) is 38.3 Å². The lowest BCUT2D eigenvalue weighted by molar-refractivity contribution is -0.145. The minimum Gasteiger partial charge on any atom is -0.465 e. The average Bonchev–Trinajstić information content (AvgIpc) is 2.66. The van der Waals surface area contributed by atoms with Gasteiger partial charge in [-0.1, -0.05) is 27.2 Å². The van der Waals surface area contributed by atoms with E-state index in [-0.39, 0.29) is 12.0 Å². The van der Waals surface area contributed by atoms with Crippen LogP contribution in [0.4, 0.5) is 0 Å². The van der Waals surface area contributed by atoms with Gasteiger partial charge in [0.05, 0.1) is 12.0 Å². The van der Waals surface area contributed by atoms with Crippen molar-refractivity contribution in [2.45, 2.75) is 45.0 Å². The number of hydrogen-bond donors (Lipinski definition) is 1. The standard InChI is InChI=1S/C11H21NO2S/c1-4-5-6-14-11(13)9-7-15-10(12-9)8(2)3/h8-10,12H,4-7H2,1-3H3/t9-,10+/m1/s1. The zero-order chi connectivity index (χ0) is 11.3. The summed E-state index contributed by atoms with van der Waals surface area (Å²) in [6.45, 7) is 6.97. The van der Waals surface area contributed by atoms with E-state index in [9.17, 15) is 4.79 Å². The quantitative estimate of drug-likeness (QED) is 0.580. The Kier molecular flexibility index (Phi) is 5.47. The van der Waals surface area contributed by atoms with Crippen molar-refractivity contribution in [2.75, 3.05) is 12.4 Å². The molecule has 1 heterocycles. The van der Waals surface area contributed by atoms with Crippen molar-refractivity contribution in [1.82, 2.24) is 5.32 Å². The van der Waals surface area contributed by atoms with Gasteiger partial charge in [-0.3, -0.25) is 10.1 Å². The Balaban J connectivity index is 2.24. The van der Waals surface area contributed by atoms with Crippen molar-refractivity contribution in [1.29, 1.82) is 0 Å². The molecule has 0 amide bonds. The maximum absolute atomic E-state index is 11.6. The van der Waals surface area contributed by atoms with E-state index >= 15 is 0 Å². The number of thioether (sulfide) groups is 1. The molecule has 1 saturated heterocycles. The second-order valence-corrected chi connectivity index (χ2v) is 5.41. The van der Waals surface area contributed by atoms with E-state index in [1.165, 1.54) is 0 Å². The number of carbonyl (C=O) groups is 1. The van der Waals surface area contributed by atoms with Crippen LogP contribution < -0.4 is 5.32 Å². The molecule has 15 heavy (non-hydrogen) atoms. The molecular formula is C11H21NO2S. The smallest absolute Gasteiger partial charge is 0.324 e. The summed E-state index contributed by atoms with van der Waals surface area (Å²) in [6, 6.07) is -0.0979. The van der Waals surface area contributed by atoms with E-state index in [0.717, 1.165) is 18.6 Å². The van der Waals surface area contributed by atoms with Crippen LogP contribution in [0.2, 0.25) is 0 Å². The molecule has 0 radical (unpaired) electrons. The molecular weight excluding hydrogens is 210 g/mol. The van der Waals surface area contributed by atoms with E-state index in [2.05, 4.69) is 26.1 Å². The average molecular weight is 231 g/mol. The number of nitrogens with one attached hydrogen (secondary N) is 1. The van der Waals surface area contributed by atoms with Gasteiger partial charge in [0.2, 0.25) is 0 Å². The monoisotopic (exact) mass is 231 g/mol. The lowest BCUT2D eigenvalue weighted by Crippen LogP contribution is -2.39. The fourth-order valence-corrected chi connectivity index (χ4v) is 2.71. The normalized spacial score (nSPS) is 25.9. The van der Waals surface area contributed by atoms with E-state index in [1.807, 2.05) is 11.8 Å². The molecule has 0 aromatic rings. The molecule has 0 bridgehead atoms. The van der Waals surface area contributed by atoms with Gasteiger partial charge in [-0.2, -0.15) is 0 Å². The molecule has 3 nitrogen and oxygen atoms in total. The van der Waals surface area contributed by atoms with Gasteiger partial charge in [-0.05, 0) is 12.3 Å². The summed E-state index contributed by atoms with van der Waals surface area (Å²) in [4.78, 5) is 11.6. The first kappa shape index (κ1) is 12.8. The molecule has 0 unspecified atom stereocenters. The van der Waals surface area contributed by atoms with Gasteiger partial charge in [0, 0.05) is 5.75 Å². The molecule has 1 N–H and O–H groups in total. The van der Waals surface area contributed by atoms with Gasteiger partial charge in [0.1, 0.15) is 6.04 Å². The van der Waals surface area contributed by atoms with Crippen LogP contribution in [0.25, 0.3) is 0 Å². The largest absolute Gasteiger partial charge is 0.465 e. The lowest BCUT2D eigenvalue weighted by Gasteiger charge is -2.15. The molecule has 0 saturated carbocycles. The summed E-state index contributed by atoms with van der Waals surface area (Å²) in [5, 5.41) is 3.70. The maximum atomic E-state index is 11.6. The van der Waals surface area contributed by atoms with Crippen molar-refractivity contribution < 1.29 is 9.53 Å². The van der Waals surface area contributed by atoms with Crippen LogP contribution in [-0.2, 0) is 9.53 Å². The lowest BCUT2D eigenvalue weighted by atomic mass is 10.2. The van der Waals surface area contributed by atoms with Crippen molar-refractivity contribution in [3.63, 3.8) is 0 Å². The third-order valence-electron chi connectivity index (χ3n) is 2.44. The third kappa shape index (κ3) is 4.03. The molecule has 1 fully saturated rings. The van der Waals surface area contributed by atoms with Gasteiger partial charge < -0.3 is 4.74 Å². The number of unbranched alkanes of at least 4 members (excludes halogenated alkanes) is 1. The first-order valence-corrected chi connectivity index (χ1v) is 6.74. The summed E-state index contributed by atoms with van der Waals surface area (Å²) in [6.07, 6.45) is 2.02. The van der Waals surface area contributed by atoms with Crippen LogP contribution in [0, 0.1) is 5.92 Å². The molecule has 1 aliphatic heterocycles. The van der Waals surface area contributed by atoms with Crippen LogP contribution >= 0.6 is 11.8 Å². The molecule has 4 heteroatoms. The minimum atomic E-state index is -0.0979. The predicted molar refractivity (Wildman–Crippen MR) is 63.9 cm³/mol. The molecule has 0 aromatic heterocycles. The third-order valence-corrected chi connectivity index (χ3v) is 4.01. The second kappa shape index (κ2) is 6.38. The van der Waals surface area contributed by atoms with E-state index in [1.54, 1.807) is 0 Å². The Bertz CT molecular complexity index is 209. The van der Waals surface area contributed by atoms with Crippen LogP contribution in [0.3, 0.4) is 0 Å². The number of carbonyl (C=O) groups excluding carboxylic acids is 1. The van der Waals surface area contributed by atoms with Crippen molar-refractivity contribution in [2.24, 2.45) is 5.92 Å². The molecule has 1 aliphatic rings. The van der Waals surface area contributed by atoms with Crippen molar-refractivity contribution in [3.8, 4) is 0 Å². The highest BCUT2D eigenvalue weighted by atomic mass is 32.2. The summed E-state index contributed by atoms with van der Waals surface area (Å²) < 4.78 is 5.18. The SMILES string of the molecule is CCCCOC(=O)[C@H]1CS[C@@H](C(C)C)N1. The van der Waals surface area contributed by atoms with Gasteiger partial charge in [-0.15, -0.1) is 11.8 Å². The number of ether oxygens (including phenoxy) is 1. The Hall–Kier alpha value is -0.220. The molecule has 0 spiro atoms. The van der Waals surface area contributed by atoms with Gasteiger partial charge in [0.15, 0.2) is 0 Å². The summed E-state index contributed by atoms with van der Waals surface area (Å²) in [5.41, 5.74) is 0. The fraction of sp³-hybridized carbons (Fsp3) is 0.909. The minimum absolute atomic E-state index is 0.0842. The molecule has 2 atom stereocenters. The van der Waals surface area contributed by atoms with Crippen molar-refractivity contribution in [3.05, 3.63) is 0 Å². The predicted octanol–water partition coefficient (Wildman–Crippen LogP) is 2.02. The Labute approximate surface area is 96.3 Å². The fourth-order valence-electron chi connectivity index (χ4n) is 1.43. The Morgan fingerprint density at radius 3 is 2.87 bits per heavy atom. The second-order valence-electron chi connectivity index (χ2n) is 4.24. The first-order chi connectivity index (χ1) is 7.15. The van der Waals surface area contributed by atoms with E-state index < -0.39 is 0 Å². The molecule has 0 aliphatic carbocycles. The Morgan fingerprint density at radius 2 is 2.33 bits per heavy atom. The maximum Gasteiger partial charge on any atom is 0.324 e. The Morgan fingerprint density at radius 1 is 1.60 bits per heavy atom.